The molecule has 0 amide bonds. The van der Waals surface area contributed by atoms with Crippen LogP contribution >= 0.6 is 11.6 Å². The lowest BCUT2D eigenvalue weighted by Gasteiger charge is -2.02. The van der Waals surface area contributed by atoms with Gasteiger partial charge in [-0.3, -0.25) is 0 Å². The van der Waals surface area contributed by atoms with Crippen molar-refractivity contribution in [2.24, 2.45) is 0 Å². The summed E-state index contributed by atoms with van der Waals surface area (Å²) in [6, 6.07) is 3.60. The van der Waals surface area contributed by atoms with Crippen LogP contribution in [-0.2, 0) is 0 Å². The van der Waals surface area contributed by atoms with Crippen molar-refractivity contribution >= 4 is 17.3 Å². The van der Waals surface area contributed by atoms with E-state index in [2.05, 4.69) is 16.9 Å². The maximum atomic E-state index is 5.60. The fraction of sp³-hybridized carbons (Fsp3) is 0.300. The van der Waals surface area contributed by atoms with E-state index in [4.69, 9.17) is 11.6 Å². The Balaban J connectivity index is 0.000000671. The molecule has 3 heteroatoms. The zero-order valence-electron chi connectivity index (χ0n) is 8.26. The molecular weight excluding hydrogens is 184 g/mol. The molecule has 2 nitrogen and oxygen atoms in total. The maximum absolute atomic E-state index is 5.60. The zero-order chi connectivity index (χ0) is 10.3. The Morgan fingerprint density at radius 3 is 2.46 bits per heavy atom. The molecule has 0 radical (unpaired) electrons. The normalized spacial score (nSPS) is 8.31. The number of nitrogens with one attached hydrogen (secondary N) is 1. The lowest BCUT2D eigenvalue weighted by molar-refractivity contribution is 1.12. The summed E-state index contributed by atoms with van der Waals surface area (Å²) in [5.41, 5.74) is 1.80. The minimum absolute atomic E-state index is 0.498. The molecule has 1 aromatic rings. The average molecular weight is 199 g/mol. The minimum atomic E-state index is 0.498. The van der Waals surface area contributed by atoms with E-state index in [9.17, 15) is 0 Å². The first-order valence-corrected chi connectivity index (χ1v) is 4.60. The number of aromatic nitrogens is 1. The molecule has 0 saturated carbocycles. The molecule has 0 unspecified atom stereocenters. The molecule has 1 aromatic heterocycles. The first kappa shape index (κ1) is 12.0. The smallest absolute Gasteiger partial charge is 0.129 e. The Labute approximate surface area is 84.6 Å². The van der Waals surface area contributed by atoms with Gasteiger partial charge in [0.25, 0.3) is 0 Å². The van der Waals surface area contributed by atoms with E-state index in [0.717, 1.165) is 11.3 Å². The van der Waals surface area contributed by atoms with Gasteiger partial charge in [0.15, 0.2) is 0 Å². The maximum Gasteiger partial charge on any atom is 0.129 e. The minimum Gasteiger partial charge on any atom is -0.388 e. The van der Waals surface area contributed by atoms with Crippen LogP contribution in [0.5, 0.6) is 0 Å². The van der Waals surface area contributed by atoms with Crippen molar-refractivity contribution in [2.45, 2.75) is 13.8 Å². The SMILES string of the molecule is C=C(NC)c1ccc(Cl)nc1.CC. The molecule has 13 heavy (non-hydrogen) atoms. The molecule has 0 fully saturated rings. The molecule has 0 aliphatic rings. The molecule has 0 saturated heterocycles. The second kappa shape index (κ2) is 6.49. The summed E-state index contributed by atoms with van der Waals surface area (Å²) in [5.74, 6) is 0. The second-order valence-electron chi connectivity index (χ2n) is 2.10. The van der Waals surface area contributed by atoms with Crippen LogP contribution in [0, 0.1) is 0 Å². The first-order valence-electron chi connectivity index (χ1n) is 4.22. The summed E-state index contributed by atoms with van der Waals surface area (Å²) in [7, 11) is 1.82. The van der Waals surface area contributed by atoms with Gasteiger partial charge in [-0.05, 0) is 12.1 Å². The molecule has 0 spiro atoms. The van der Waals surface area contributed by atoms with E-state index in [1.807, 2.05) is 27.0 Å². The molecule has 1 N–H and O–H groups in total. The monoisotopic (exact) mass is 198 g/mol. The molecule has 0 aliphatic carbocycles. The van der Waals surface area contributed by atoms with Crippen molar-refractivity contribution in [3.05, 3.63) is 35.6 Å². The molecule has 0 bridgehead atoms. The summed E-state index contributed by atoms with van der Waals surface area (Å²) < 4.78 is 0. The van der Waals surface area contributed by atoms with Gasteiger partial charge in [0.05, 0.1) is 0 Å². The molecular formula is C10H15ClN2. The van der Waals surface area contributed by atoms with E-state index >= 15 is 0 Å². The van der Waals surface area contributed by atoms with Gasteiger partial charge in [0.1, 0.15) is 5.15 Å². The van der Waals surface area contributed by atoms with Gasteiger partial charge < -0.3 is 5.32 Å². The number of halogens is 1. The highest BCUT2D eigenvalue weighted by Gasteiger charge is 1.95. The number of hydrogen-bond acceptors (Lipinski definition) is 2. The quantitative estimate of drug-likeness (QED) is 0.740. The van der Waals surface area contributed by atoms with Crippen molar-refractivity contribution in [3.63, 3.8) is 0 Å². The van der Waals surface area contributed by atoms with Crippen LogP contribution in [0.15, 0.2) is 24.9 Å². The van der Waals surface area contributed by atoms with E-state index in [0.29, 0.717) is 5.15 Å². The van der Waals surface area contributed by atoms with Crippen LogP contribution in [0.4, 0.5) is 0 Å². The number of nitrogens with zero attached hydrogens (tertiary/aromatic N) is 1. The van der Waals surface area contributed by atoms with Crippen LogP contribution < -0.4 is 5.32 Å². The van der Waals surface area contributed by atoms with Crippen molar-refractivity contribution in [3.8, 4) is 0 Å². The van der Waals surface area contributed by atoms with Crippen molar-refractivity contribution < 1.29 is 0 Å². The van der Waals surface area contributed by atoms with Crippen molar-refractivity contribution in [1.82, 2.24) is 10.3 Å². The Hall–Kier alpha value is -1.02. The van der Waals surface area contributed by atoms with Gasteiger partial charge in [-0.15, -0.1) is 0 Å². The van der Waals surface area contributed by atoms with E-state index in [1.54, 1.807) is 12.3 Å². The highest BCUT2D eigenvalue weighted by Crippen LogP contribution is 2.10. The Kier molecular flexibility index (Phi) is 5.98. The van der Waals surface area contributed by atoms with Gasteiger partial charge >= 0.3 is 0 Å². The third kappa shape index (κ3) is 3.95. The number of rotatable bonds is 2. The lowest BCUT2D eigenvalue weighted by atomic mass is 10.2. The van der Waals surface area contributed by atoms with Crippen LogP contribution in [0.1, 0.15) is 19.4 Å². The van der Waals surface area contributed by atoms with Crippen LogP contribution in [0.3, 0.4) is 0 Å². The van der Waals surface area contributed by atoms with Crippen molar-refractivity contribution in [2.75, 3.05) is 7.05 Å². The first-order chi connectivity index (χ1) is 6.24. The fourth-order valence-electron chi connectivity index (χ4n) is 0.699. The lowest BCUT2D eigenvalue weighted by Crippen LogP contribution is -2.02. The molecule has 1 heterocycles. The Morgan fingerprint density at radius 2 is 2.08 bits per heavy atom. The van der Waals surface area contributed by atoms with E-state index in [1.165, 1.54) is 0 Å². The third-order valence-electron chi connectivity index (χ3n) is 1.38. The molecule has 0 aromatic carbocycles. The molecule has 1 rings (SSSR count). The van der Waals surface area contributed by atoms with Crippen LogP contribution in [0.2, 0.25) is 5.15 Å². The largest absolute Gasteiger partial charge is 0.388 e. The zero-order valence-corrected chi connectivity index (χ0v) is 9.02. The van der Waals surface area contributed by atoms with Crippen molar-refractivity contribution in [1.29, 1.82) is 0 Å². The highest BCUT2D eigenvalue weighted by atomic mass is 35.5. The van der Waals surface area contributed by atoms with E-state index < -0.39 is 0 Å². The highest BCUT2D eigenvalue weighted by molar-refractivity contribution is 6.29. The van der Waals surface area contributed by atoms with Gasteiger partial charge in [0.2, 0.25) is 0 Å². The summed E-state index contributed by atoms with van der Waals surface area (Å²) in [6.07, 6.45) is 1.68. The molecule has 0 aliphatic heterocycles. The molecule has 0 atom stereocenters. The average Bonchev–Trinajstić information content (AvgIpc) is 2.21. The van der Waals surface area contributed by atoms with Crippen LogP contribution in [0.25, 0.3) is 5.70 Å². The van der Waals surface area contributed by atoms with Crippen LogP contribution in [-0.4, -0.2) is 12.0 Å². The second-order valence-corrected chi connectivity index (χ2v) is 2.49. The van der Waals surface area contributed by atoms with Gasteiger partial charge in [-0.25, -0.2) is 4.98 Å². The summed E-state index contributed by atoms with van der Waals surface area (Å²) in [6.45, 7) is 7.78. The predicted molar refractivity (Wildman–Crippen MR) is 58.7 cm³/mol. The predicted octanol–water partition coefficient (Wildman–Crippen LogP) is 2.95. The standard InChI is InChI=1S/C8H9ClN2.C2H6/c1-6(10-2)7-3-4-8(9)11-5-7;1-2/h3-5,10H,1H2,2H3;1-2H3. The van der Waals surface area contributed by atoms with Gasteiger partial charge in [-0.1, -0.05) is 32.0 Å². The van der Waals surface area contributed by atoms with E-state index in [-0.39, 0.29) is 0 Å². The summed E-state index contributed by atoms with van der Waals surface area (Å²) >= 11 is 5.60. The number of hydrogen-bond donors (Lipinski definition) is 1. The van der Waals surface area contributed by atoms with Gasteiger partial charge in [0, 0.05) is 24.5 Å². The molecule has 72 valence electrons. The summed E-state index contributed by atoms with van der Waals surface area (Å²) in [5, 5.41) is 3.42. The Bertz CT molecular complexity index is 254. The topological polar surface area (TPSA) is 24.9 Å². The van der Waals surface area contributed by atoms with Gasteiger partial charge in [-0.2, -0.15) is 0 Å². The Morgan fingerprint density at radius 1 is 1.46 bits per heavy atom. The summed E-state index contributed by atoms with van der Waals surface area (Å²) in [4.78, 5) is 3.91. The third-order valence-corrected chi connectivity index (χ3v) is 1.60. The number of pyridine rings is 1. The fourth-order valence-corrected chi connectivity index (χ4v) is 0.810.